The van der Waals surface area contributed by atoms with E-state index in [9.17, 15) is 0 Å². The molecule has 0 bridgehead atoms. The Balaban J connectivity index is 1.73. The third kappa shape index (κ3) is 4.58. The number of aromatic nitrogens is 1. The zero-order valence-corrected chi connectivity index (χ0v) is 14.8. The van der Waals surface area contributed by atoms with E-state index in [0.29, 0.717) is 0 Å². The van der Waals surface area contributed by atoms with Gasteiger partial charge in [0.15, 0.2) is 0 Å². The smallest absolute Gasteiger partial charge is 0.203 e. The first kappa shape index (κ1) is 16.1. The highest BCUT2D eigenvalue weighted by molar-refractivity contribution is 7.99. The van der Waals surface area contributed by atoms with Crippen molar-refractivity contribution < 1.29 is 0 Å². The van der Waals surface area contributed by atoms with Crippen LogP contribution in [-0.4, -0.2) is 11.2 Å². The van der Waals surface area contributed by atoms with Crippen molar-refractivity contribution in [2.75, 3.05) is 5.43 Å². The predicted molar refractivity (Wildman–Crippen MR) is 100 cm³/mol. The summed E-state index contributed by atoms with van der Waals surface area (Å²) in [6, 6.07) is 16.0. The molecule has 23 heavy (non-hydrogen) atoms. The summed E-state index contributed by atoms with van der Waals surface area (Å²) in [6.07, 6.45) is 1.81. The van der Waals surface area contributed by atoms with Gasteiger partial charge in [0, 0.05) is 25.8 Å². The van der Waals surface area contributed by atoms with Gasteiger partial charge in [0.1, 0.15) is 0 Å². The number of benzene rings is 2. The number of hydrogen-bond donors (Lipinski definition) is 1. The zero-order chi connectivity index (χ0) is 16.1. The Hall–Kier alpha value is -1.82. The minimum Gasteiger partial charge on any atom is -0.253 e. The molecule has 3 rings (SSSR count). The lowest BCUT2D eigenvalue weighted by molar-refractivity contribution is 1.22. The Morgan fingerprint density at radius 1 is 1.17 bits per heavy atom. The Kier molecular flexibility index (Phi) is 5.33. The van der Waals surface area contributed by atoms with Crippen LogP contribution in [-0.2, 0) is 0 Å². The lowest BCUT2D eigenvalue weighted by Gasteiger charge is -2.05. The van der Waals surface area contributed by atoms with E-state index < -0.39 is 0 Å². The molecule has 0 fully saturated rings. The molecule has 0 saturated carbocycles. The highest BCUT2D eigenvalue weighted by atomic mass is 35.5. The third-order valence-corrected chi connectivity index (χ3v) is 5.16. The maximum Gasteiger partial charge on any atom is 0.203 e. The van der Waals surface area contributed by atoms with Crippen molar-refractivity contribution in [1.82, 2.24) is 4.98 Å². The first-order valence-electron chi connectivity index (χ1n) is 6.94. The van der Waals surface area contributed by atoms with Crippen LogP contribution in [0, 0.1) is 6.92 Å². The molecule has 1 N–H and O–H groups in total. The summed E-state index contributed by atoms with van der Waals surface area (Å²) in [7, 11) is 0. The molecule has 0 saturated heterocycles. The van der Waals surface area contributed by atoms with Crippen LogP contribution in [0.5, 0.6) is 0 Å². The second-order valence-electron chi connectivity index (χ2n) is 4.76. The van der Waals surface area contributed by atoms with Gasteiger partial charge < -0.3 is 0 Å². The van der Waals surface area contributed by atoms with Gasteiger partial charge in [0.2, 0.25) is 5.13 Å². The molecule has 0 atom stereocenters. The molecule has 0 unspecified atom stereocenters. The monoisotopic (exact) mass is 359 g/mol. The molecule has 3 nitrogen and oxygen atoms in total. The molecular weight excluding hydrogens is 346 g/mol. The van der Waals surface area contributed by atoms with Crippen LogP contribution in [0.4, 0.5) is 5.13 Å². The summed E-state index contributed by atoms with van der Waals surface area (Å²) in [4.78, 5) is 6.59. The number of hydrazone groups is 1. The van der Waals surface area contributed by atoms with Crippen molar-refractivity contribution in [3.05, 3.63) is 70.2 Å². The number of hydrogen-bond acceptors (Lipinski definition) is 5. The summed E-state index contributed by atoms with van der Waals surface area (Å²) in [5.74, 6) is 0. The van der Waals surface area contributed by atoms with E-state index in [4.69, 9.17) is 11.6 Å². The van der Waals surface area contributed by atoms with E-state index in [1.54, 1.807) is 11.8 Å². The van der Waals surface area contributed by atoms with Gasteiger partial charge in [0.25, 0.3) is 0 Å². The van der Waals surface area contributed by atoms with Gasteiger partial charge in [0.05, 0.1) is 11.9 Å². The maximum absolute atomic E-state index is 5.93. The fourth-order valence-corrected chi connectivity index (χ4v) is 3.55. The van der Waals surface area contributed by atoms with Crippen molar-refractivity contribution in [1.29, 1.82) is 0 Å². The van der Waals surface area contributed by atoms with E-state index in [1.165, 1.54) is 11.3 Å². The Morgan fingerprint density at radius 3 is 2.70 bits per heavy atom. The van der Waals surface area contributed by atoms with Crippen LogP contribution in [0.25, 0.3) is 0 Å². The average Bonchev–Trinajstić information content (AvgIpc) is 2.97. The van der Waals surface area contributed by atoms with Crippen LogP contribution in [0.1, 0.15) is 11.3 Å². The average molecular weight is 360 g/mol. The Labute approximate surface area is 148 Å². The van der Waals surface area contributed by atoms with Gasteiger partial charge in [-0.3, -0.25) is 5.43 Å². The fourth-order valence-electron chi connectivity index (χ4n) is 1.87. The summed E-state index contributed by atoms with van der Waals surface area (Å²) in [5.41, 5.74) is 5.00. The quantitative estimate of drug-likeness (QED) is 0.468. The van der Waals surface area contributed by atoms with E-state index in [2.05, 4.69) is 21.6 Å². The summed E-state index contributed by atoms with van der Waals surface area (Å²) >= 11 is 9.15. The Morgan fingerprint density at radius 2 is 1.96 bits per heavy atom. The molecule has 0 aliphatic rings. The van der Waals surface area contributed by atoms with Gasteiger partial charge in [-0.05, 0) is 37.3 Å². The standard InChI is InChI=1S/C17H14ClN3S2/c1-12-11-22-17(20-12)21-19-10-13-4-2-3-5-16(13)23-15-8-6-14(18)7-9-15/h2-11H,1H3,(H,20,21). The zero-order valence-electron chi connectivity index (χ0n) is 12.4. The van der Waals surface area contributed by atoms with Gasteiger partial charge >= 0.3 is 0 Å². The molecule has 2 aromatic carbocycles. The highest BCUT2D eigenvalue weighted by Crippen LogP contribution is 2.30. The van der Waals surface area contributed by atoms with Gasteiger partial charge in [-0.15, -0.1) is 11.3 Å². The number of anilines is 1. The van der Waals surface area contributed by atoms with Crippen molar-refractivity contribution >= 4 is 46.0 Å². The van der Waals surface area contributed by atoms with Crippen molar-refractivity contribution in [2.45, 2.75) is 16.7 Å². The molecule has 0 spiro atoms. The van der Waals surface area contributed by atoms with E-state index in [0.717, 1.165) is 31.2 Å². The van der Waals surface area contributed by atoms with Crippen molar-refractivity contribution in [3.8, 4) is 0 Å². The number of aryl methyl sites for hydroxylation is 1. The lowest BCUT2D eigenvalue weighted by atomic mass is 10.2. The number of thiazole rings is 1. The number of nitrogens with zero attached hydrogens (tertiary/aromatic N) is 2. The van der Waals surface area contributed by atoms with Crippen molar-refractivity contribution in [2.24, 2.45) is 5.10 Å². The molecule has 0 aliphatic carbocycles. The third-order valence-electron chi connectivity index (χ3n) is 2.94. The molecule has 0 radical (unpaired) electrons. The fraction of sp³-hybridized carbons (Fsp3) is 0.0588. The molecular formula is C17H14ClN3S2. The van der Waals surface area contributed by atoms with Crippen LogP contribution in [0.2, 0.25) is 5.02 Å². The normalized spacial score (nSPS) is 11.0. The molecule has 1 heterocycles. The maximum atomic E-state index is 5.93. The second kappa shape index (κ2) is 7.64. The lowest BCUT2D eigenvalue weighted by Crippen LogP contribution is -1.91. The van der Waals surface area contributed by atoms with Crippen LogP contribution < -0.4 is 5.43 Å². The minimum atomic E-state index is 0.743. The summed E-state index contributed by atoms with van der Waals surface area (Å²) < 4.78 is 0. The van der Waals surface area contributed by atoms with Crippen LogP contribution in [0.3, 0.4) is 0 Å². The van der Waals surface area contributed by atoms with Gasteiger partial charge in [-0.2, -0.15) is 5.10 Å². The number of halogens is 1. The SMILES string of the molecule is Cc1csc(NN=Cc2ccccc2Sc2ccc(Cl)cc2)n1. The molecule has 116 valence electrons. The molecule has 3 aromatic rings. The highest BCUT2D eigenvalue weighted by Gasteiger charge is 2.03. The summed E-state index contributed by atoms with van der Waals surface area (Å²) in [6.45, 7) is 1.96. The van der Waals surface area contributed by atoms with E-state index in [1.807, 2.05) is 61.0 Å². The largest absolute Gasteiger partial charge is 0.253 e. The number of rotatable bonds is 5. The Bertz CT molecular complexity index is 813. The van der Waals surface area contributed by atoms with Gasteiger partial charge in [-0.25, -0.2) is 4.98 Å². The number of nitrogens with one attached hydrogen (secondary N) is 1. The molecule has 0 amide bonds. The second-order valence-corrected chi connectivity index (χ2v) is 7.17. The minimum absolute atomic E-state index is 0.743. The van der Waals surface area contributed by atoms with Crippen LogP contribution >= 0.6 is 34.7 Å². The van der Waals surface area contributed by atoms with Gasteiger partial charge in [-0.1, -0.05) is 41.6 Å². The molecule has 6 heteroatoms. The van der Waals surface area contributed by atoms with E-state index >= 15 is 0 Å². The predicted octanol–water partition coefficient (Wildman–Crippen LogP) is 5.70. The first-order chi connectivity index (χ1) is 11.2. The van der Waals surface area contributed by atoms with E-state index in [-0.39, 0.29) is 0 Å². The van der Waals surface area contributed by atoms with Crippen molar-refractivity contribution in [3.63, 3.8) is 0 Å². The topological polar surface area (TPSA) is 37.3 Å². The molecule has 1 aromatic heterocycles. The molecule has 0 aliphatic heterocycles. The van der Waals surface area contributed by atoms with Crippen LogP contribution in [0.15, 0.2) is 68.8 Å². The summed E-state index contributed by atoms with van der Waals surface area (Å²) in [5, 5.41) is 7.80. The first-order valence-corrected chi connectivity index (χ1v) is 9.02.